The molecule has 1 aliphatic carbocycles. The van der Waals surface area contributed by atoms with E-state index in [1.54, 1.807) is 0 Å². The van der Waals surface area contributed by atoms with Crippen LogP contribution in [-0.4, -0.2) is 30.6 Å². The van der Waals surface area contributed by atoms with Gasteiger partial charge in [-0.3, -0.25) is 0 Å². The first-order chi connectivity index (χ1) is 9.35. The second-order valence-electron chi connectivity index (χ2n) is 6.81. The molecule has 2 N–H and O–H groups in total. The lowest BCUT2D eigenvalue weighted by Gasteiger charge is -2.38. The van der Waals surface area contributed by atoms with Crippen molar-refractivity contribution in [3.8, 4) is 0 Å². The summed E-state index contributed by atoms with van der Waals surface area (Å²) in [6, 6.07) is 0.952. The third-order valence-electron chi connectivity index (χ3n) is 5.44. The molecule has 1 heterocycles. The van der Waals surface area contributed by atoms with Gasteiger partial charge in [0, 0.05) is 6.04 Å². The lowest BCUT2D eigenvalue weighted by Crippen LogP contribution is -2.43. The summed E-state index contributed by atoms with van der Waals surface area (Å²) in [7, 11) is 0. The maximum atomic E-state index is 5.73. The van der Waals surface area contributed by atoms with E-state index in [1.165, 1.54) is 77.3 Å². The highest BCUT2D eigenvalue weighted by Crippen LogP contribution is 2.36. The largest absolute Gasteiger partial charge is 0.330 e. The molecule has 1 saturated carbocycles. The summed E-state index contributed by atoms with van der Waals surface area (Å²) >= 11 is 0. The lowest BCUT2D eigenvalue weighted by atomic mass is 9.90. The Morgan fingerprint density at radius 2 is 1.95 bits per heavy atom. The molecular formula is C17H34N2. The smallest absolute Gasteiger partial charge is 0.0123 e. The average molecular weight is 266 g/mol. The number of hydrogen-bond donors (Lipinski definition) is 1. The van der Waals surface area contributed by atoms with E-state index in [0.717, 1.165) is 24.4 Å². The predicted molar refractivity (Wildman–Crippen MR) is 83.2 cm³/mol. The van der Waals surface area contributed by atoms with E-state index in [1.807, 2.05) is 0 Å². The van der Waals surface area contributed by atoms with Gasteiger partial charge in [-0.15, -0.1) is 0 Å². The van der Waals surface area contributed by atoms with Crippen molar-refractivity contribution in [3.05, 3.63) is 0 Å². The zero-order valence-electron chi connectivity index (χ0n) is 12.9. The quantitative estimate of drug-likeness (QED) is 0.724. The number of hydrogen-bond acceptors (Lipinski definition) is 2. The highest BCUT2D eigenvalue weighted by Gasteiger charge is 2.34. The van der Waals surface area contributed by atoms with Crippen molar-refractivity contribution in [1.82, 2.24) is 4.90 Å². The number of nitrogens with zero attached hydrogens (tertiary/aromatic N) is 1. The highest BCUT2D eigenvalue weighted by molar-refractivity contribution is 4.89. The number of likely N-dealkylation sites (tertiary alicyclic amines) is 1. The molecule has 0 amide bonds. The van der Waals surface area contributed by atoms with Crippen LogP contribution in [0.4, 0.5) is 0 Å². The average Bonchev–Trinajstić information content (AvgIpc) is 2.88. The third kappa shape index (κ3) is 4.46. The molecule has 0 radical (unpaired) electrons. The molecule has 0 aromatic rings. The van der Waals surface area contributed by atoms with E-state index in [2.05, 4.69) is 11.8 Å². The molecule has 19 heavy (non-hydrogen) atoms. The Bertz CT molecular complexity index is 235. The molecular weight excluding hydrogens is 232 g/mol. The Labute approximate surface area is 120 Å². The third-order valence-corrected chi connectivity index (χ3v) is 5.44. The molecule has 3 unspecified atom stereocenters. The summed E-state index contributed by atoms with van der Waals surface area (Å²) in [4.78, 5) is 2.83. The van der Waals surface area contributed by atoms with Crippen molar-refractivity contribution >= 4 is 0 Å². The lowest BCUT2D eigenvalue weighted by molar-refractivity contribution is 0.109. The SMILES string of the molecule is CCCC(CCN)CCCN1CCCC2CCCC21. The van der Waals surface area contributed by atoms with Gasteiger partial charge in [-0.05, 0) is 76.4 Å². The maximum Gasteiger partial charge on any atom is 0.0123 e. The van der Waals surface area contributed by atoms with Crippen LogP contribution >= 0.6 is 0 Å². The summed E-state index contributed by atoms with van der Waals surface area (Å²) in [5, 5.41) is 0. The fourth-order valence-electron chi connectivity index (χ4n) is 4.49. The van der Waals surface area contributed by atoms with Crippen LogP contribution in [0.5, 0.6) is 0 Å². The monoisotopic (exact) mass is 266 g/mol. The fourth-order valence-corrected chi connectivity index (χ4v) is 4.49. The van der Waals surface area contributed by atoms with E-state index in [4.69, 9.17) is 5.73 Å². The van der Waals surface area contributed by atoms with Crippen molar-refractivity contribution in [3.63, 3.8) is 0 Å². The van der Waals surface area contributed by atoms with E-state index in [-0.39, 0.29) is 0 Å². The molecule has 0 spiro atoms. The Hall–Kier alpha value is -0.0800. The van der Waals surface area contributed by atoms with Gasteiger partial charge < -0.3 is 10.6 Å². The first-order valence-electron chi connectivity index (χ1n) is 8.79. The van der Waals surface area contributed by atoms with Crippen LogP contribution in [0, 0.1) is 11.8 Å². The van der Waals surface area contributed by atoms with Gasteiger partial charge in [0.25, 0.3) is 0 Å². The molecule has 3 atom stereocenters. The molecule has 1 saturated heterocycles. The van der Waals surface area contributed by atoms with Crippen molar-refractivity contribution in [2.45, 2.75) is 77.2 Å². The Morgan fingerprint density at radius 1 is 1.11 bits per heavy atom. The summed E-state index contributed by atoms with van der Waals surface area (Å²) < 4.78 is 0. The summed E-state index contributed by atoms with van der Waals surface area (Å²) in [5.74, 6) is 1.93. The minimum absolute atomic E-state index is 0.874. The topological polar surface area (TPSA) is 29.3 Å². The first kappa shape index (κ1) is 15.3. The molecule has 0 bridgehead atoms. The standard InChI is InChI=1S/C17H34N2/c1-2-6-15(11-12-18)7-4-13-19-14-5-9-16-8-3-10-17(16)19/h15-17H,2-14,18H2,1H3. The molecule has 112 valence electrons. The van der Waals surface area contributed by atoms with Gasteiger partial charge in [0.1, 0.15) is 0 Å². The Balaban J connectivity index is 1.69. The molecule has 2 nitrogen and oxygen atoms in total. The zero-order valence-corrected chi connectivity index (χ0v) is 12.9. The van der Waals surface area contributed by atoms with Crippen molar-refractivity contribution in [1.29, 1.82) is 0 Å². The molecule has 0 aromatic carbocycles. The summed E-state index contributed by atoms with van der Waals surface area (Å²) in [6.45, 7) is 5.90. The van der Waals surface area contributed by atoms with Crippen molar-refractivity contribution in [2.75, 3.05) is 19.6 Å². The van der Waals surface area contributed by atoms with Crippen LogP contribution in [0.15, 0.2) is 0 Å². The van der Waals surface area contributed by atoms with E-state index in [0.29, 0.717) is 0 Å². The van der Waals surface area contributed by atoms with Gasteiger partial charge in [0.15, 0.2) is 0 Å². The molecule has 0 aromatic heterocycles. The first-order valence-corrected chi connectivity index (χ1v) is 8.79. The van der Waals surface area contributed by atoms with E-state index < -0.39 is 0 Å². The molecule has 2 heteroatoms. The van der Waals surface area contributed by atoms with Crippen molar-refractivity contribution in [2.24, 2.45) is 17.6 Å². The van der Waals surface area contributed by atoms with Gasteiger partial charge >= 0.3 is 0 Å². The molecule has 1 aliphatic heterocycles. The normalized spacial score (nSPS) is 29.4. The number of piperidine rings is 1. The van der Waals surface area contributed by atoms with Crippen LogP contribution in [0.1, 0.15) is 71.1 Å². The second-order valence-corrected chi connectivity index (χ2v) is 6.81. The van der Waals surface area contributed by atoms with E-state index in [9.17, 15) is 0 Å². The van der Waals surface area contributed by atoms with Crippen LogP contribution in [0.2, 0.25) is 0 Å². The van der Waals surface area contributed by atoms with Gasteiger partial charge in [-0.1, -0.05) is 26.2 Å². The zero-order chi connectivity index (χ0) is 13.5. The van der Waals surface area contributed by atoms with Crippen LogP contribution < -0.4 is 5.73 Å². The van der Waals surface area contributed by atoms with Crippen molar-refractivity contribution < 1.29 is 0 Å². The molecule has 2 aliphatic rings. The number of fused-ring (bicyclic) bond motifs is 1. The van der Waals surface area contributed by atoms with Gasteiger partial charge in [-0.2, -0.15) is 0 Å². The van der Waals surface area contributed by atoms with Crippen LogP contribution in [0.25, 0.3) is 0 Å². The second kappa shape index (κ2) is 8.26. The fraction of sp³-hybridized carbons (Fsp3) is 1.00. The van der Waals surface area contributed by atoms with Gasteiger partial charge in [0.2, 0.25) is 0 Å². The summed E-state index contributed by atoms with van der Waals surface area (Å²) in [5.41, 5.74) is 5.73. The minimum Gasteiger partial charge on any atom is -0.330 e. The highest BCUT2D eigenvalue weighted by atomic mass is 15.2. The maximum absolute atomic E-state index is 5.73. The molecule has 2 rings (SSSR count). The van der Waals surface area contributed by atoms with Gasteiger partial charge in [0.05, 0.1) is 0 Å². The van der Waals surface area contributed by atoms with E-state index >= 15 is 0 Å². The number of nitrogens with two attached hydrogens (primary N) is 1. The predicted octanol–water partition coefficient (Wildman–Crippen LogP) is 3.80. The van der Waals surface area contributed by atoms with Gasteiger partial charge in [-0.25, -0.2) is 0 Å². The Kier molecular flexibility index (Phi) is 6.66. The number of rotatable bonds is 8. The summed E-state index contributed by atoms with van der Waals surface area (Å²) in [6.07, 6.45) is 14.2. The van der Waals surface area contributed by atoms with Crippen LogP contribution in [0.3, 0.4) is 0 Å². The Morgan fingerprint density at radius 3 is 2.74 bits per heavy atom. The molecule has 2 fully saturated rings. The minimum atomic E-state index is 0.874. The van der Waals surface area contributed by atoms with Crippen LogP contribution in [-0.2, 0) is 0 Å².